The van der Waals surface area contributed by atoms with Crippen molar-refractivity contribution in [2.75, 3.05) is 7.11 Å². The van der Waals surface area contributed by atoms with Crippen molar-refractivity contribution in [2.45, 2.75) is 12.0 Å². The molecule has 21 heavy (non-hydrogen) atoms. The zero-order chi connectivity index (χ0) is 14.7. The van der Waals surface area contributed by atoms with E-state index in [9.17, 15) is 4.79 Å². The number of nitrogens with zero attached hydrogens (tertiary/aromatic N) is 1. The minimum absolute atomic E-state index is 0.0381. The molecule has 0 aliphatic carbocycles. The lowest BCUT2D eigenvalue weighted by atomic mass is 9.82. The number of esters is 1. The van der Waals surface area contributed by atoms with Crippen molar-refractivity contribution in [3.63, 3.8) is 0 Å². The maximum absolute atomic E-state index is 12.3. The molecule has 3 heteroatoms. The van der Waals surface area contributed by atoms with E-state index in [-0.39, 0.29) is 23.8 Å². The highest BCUT2D eigenvalue weighted by Crippen LogP contribution is 2.41. The third-order valence-corrected chi connectivity index (χ3v) is 3.93. The summed E-state index contributed by atoms with van der Waals surface area (Å²) in [4.78, 5) is 16.9. The Morgan fingerprint density at radius 3 is 2.10 bits per heavy atom. The third kappa shape index (κ3) is 2.59. The van der Waals surface area contributed by atoms with E-state index in [1.807, 2.05) is 66.9 Å². The van der Waals surface area contributed by atoms with Gasteiger partial charge in [0.05, 0.1) is 19.1 Å². The molecule has 0 fully saturated rings. The van der Waals surface area contributed by atoms with Crippen molar-refractivity contribution in [2.24, 2.45) is 10.9 Å². The average molecular weight is 279 g/mol. The molecular weight excluding hydrogens is 262 g/mol. The molecule has 3 nitrogen and oxygen atoms in total. The van der Waals surface area contributed by atoms with E-state index in [4.69, 9.17) is 4.74 Å². The van der Waals surface area contributed by atoms with Crippen molar-refractivity contribution < 1.29 is 9.53 Å². The van der Waals surface area contributed by atoms with Gasteiger partial charge >= 0.3 is 5.97 Å². The van der Waals surface area contributed by atoms with Gasteiger partial charge in [0.1, 0.15) is 0 Å². The minimum Gasteiger partial charge on any atom is -0.469 e. The molecule has 106 valence electrons. The predicted octanol–water partition coefficient (Wildman–Crippen LogP) is 3.39. The van der Waals surface area contributed by atoms with Crippen molar-refractivity contribution in [3.8, 4) is 0 Å². The van der Waals surface area contributed by atoms with Gasteiger partial charge in [-0.15, -0.1) is 0 Å². The maximum atomic E-state index is 12.3. The normalized spacial score (nSPS) is 24.0. The average Bonchev–Trinajstić information content (AvgIpc) is 3.00. The van der Waals surface area contributed by atoms with Gasteiger partial charge in [-0.3, -0.25) is 9.79 Å². The van der Waals surface area contributed by atoms with Crippen LogP contribution in [0.4, 0.5) is 0 Å². The molecule has 0 saturated heterocycles. The molecule has 3 atom stereocenters. The van der Waals surface area contributed by atoms with Crippen LogP contribution in [-0.4, -0.2) is 19.3 Å². The number of aliphatic imine (C=N–C) groups is 1. The number of benzene rings is 2. The predicted molar refractivity (Wildman–Crippen MR) is 82.4 cm³/mol. The van der Waals surface area contributed by atoms with Gasteiger partial charge in [-0.05, 0) is 11.1 Å². The molecule has 3 rings (SSSR count). The molecular formula is C18H17NO2. The number of methoxy groups -OCH3 is 1. The lowest BCUT2D eigenvalue weighted by Crippen LogP contribution is -2.25. The summed E-state index contributed by atoms with van der Waals surface area (Å²) in [5.41, 5.74) is 2.14. The van der Waals surface area contributed by atoms with Gasteiger partial charge in [-0.1, -0.05) is 60.7 Å². The highest BCUT2D eigenvalue weighted by molar-refractivity contribution is 5.85. The number of carbonyl (C=O) groups is 1. The number of rotatable bonds is 3. The number of ether oxygens (including phenoxy) is 1. The smallest absolute Gasteiger partial charge is 0.312 e. The first kappa shape index (κ1) is 13.6. The molecule has 2 aromatic carbocycles. The van der Waals surface area contributed by atoms with Crippen molar-refractivity contribution in [1.29, 1.82) is 0 Å². The Morgan fingerprint density at radius 1 is 0.952 bits per heavy atom. The van der Waals surface area contributed by atoms with Gasteiger partial charge in [0.2, 0.25) is 0 Å². The second-order valence-corrected chi connectivity index (χ2v) is 5.14. The van der Waals surface area contributed by atoms with Crippen LogP contribution in [0.2, 0.25) is 0 Å². The fourth-order valence-corrected chi connectivity index (χ4v) is 2.89. The van der Waals surface area contributed by atoms with E-state index in [0.29, 0.717) is 0 Å². The fraction of sp³-hybridized carbons (Fsp3) is 0.222. The highest BCUT2D eigenvalue weighted by atomic mass is 16.5. The second-order valence-electron chi connectivity index (χ2n) is 5.14. The Morgan fingerprint density at radius 2 is 1.52 bits per heavy atom. The zero-order valence-corrected chi connectivity index (χ0v) is 11.8. The van der Waals surface area contributed by atoms with Gasteiger partial charge in [-0.2, -0.15) is 0 Å². The number of hydrogen-bond acceptors (Lipinski definition) is 3. The van der Waals surface area contributed by atoms with Crippen LogP contribution in [-0.2, 0) is 9.53 Å². The van der Waals surface area contributed by atoms with E-state index >= 15 is 0 Å². The van der Waals surface area contributed by atoms with Crippen LogP contribution in [0.3, 0.4) is 0 Å². The largest absolute Gasteiger partial charge is 0.469 e. The molecule has 1 aliphatic heterocycles. The quantitative estimate of drug-likeness (QED) is 0.808. The summed E-state index contributed by atoms with van der Waals surface area (Å²) in [6.07, 6.45) is 1.88. The van der Waals surface area contributed by atoms with Crippen LogP contribution < -0.4 is 0 Å². The van der Waals surface area contributed by atoms with Crippen LogP contribution >= 0.6 is 0 Å². The lowest BCUT2D eigenvalue weighted by Gasteiger charge is -2.22. The van der Waals surface area contributed by atoms with Crippen LogP contribution in [0, 0.1) is 5.92 Å². The molecule has 0 bridgehead atoms. The summed E-state index contributed by atoms with van der Waals surface area (Å²) in [6.45, 7) is 0. The lowest BCUT2D eigenvalue weighted by molar-refractivity contribution is -0.146. The summed E-state index contributed by atoms with van der Waals surface area (Å²) in [5, 5.41) is 0. The molecule has 0 radical (unpaired) electrons. The first-order valence-corrected chi connectivity index (χ1v) is 7.02. The first-order chi connectivity index (χ1) is 10.3. The van der Waals surface area contributed by atoms with Gasteiger partial charge in [0.15, 0.2) is 0 Å². The number of carbonyl (C=O) groups excluding carboxylic acids is 1. The van der Waals surface area contributed by atoms with Crippen LogP contribution in [0.5, 0.6) is 0 Å². The second kappa shape index (κ2) is 5.92. The molecule has 0 amide bonds. The van der Waals surface area contributed by atoms with Crippen LogP contribution in [0.25, 0.3) is 0 Å². The Hall–Kier alpha value is -2.42. The summed E-state index contributed by atoms with van der Waals surface area (Å²) >= 11 is 0. The topological polar surface area (TPSA) is 38.7 Å². The molecule has 0 saturated carbocycles. The van der Waals surface area contributed by atoms with Crippen molar-refractivity contribution in [1.82, 2.24) is 0 Å². The van der Waals surface area contributed by atoms with Crippen LogP contribution in [0.1, 0.15) is 23.1 Å². The molecule has 0 N–H and O–H groups in total. The standard InChI is InChI=1S/C18H17NO2/c1-21-18(20)16-15(13-8-4-2-5-9-13)12-19-17(16)14-10-6-3-7-11-14/h2-12,15-17H,1H3/t15-,16-,17-/m1/s1. The van der Waals surface area contributed by atoms with E-state index in [1.54, 1.807) is 0 Å². The van der Waals surface area contributed by atoms with Crippen molar-refractivity contribution in [3.05, 3.63) is 71.8 Å². The Balaban J connectivity index is 1.97. The molecule has 0 aromatic heterocycles. The van der Waals surface area contributed by atoms with E-state index in [2.05, 4.69) is 4.99 Å². The molecule has 2 aromatic rings. The molecule has 1 heterocycles. The Labute approximate surface area is 124 Å². The van der Waals surface area contributed by atoms with E-state index in [1.165, 1.54) is 7.11 Å². The third-order valence-electron chi connectivity index (χ3n) is 3.93. The van der Waals surface area contributed by atoms with Gasteiger partial charge in [0, 0.05) is 12.1 Å². The summed E-state index contributed by atoms with van der Waals surface area (Å²) in [6, 6.07) is 19.7. The minimum atomic E-state index is -0.306. The SMILES string of the molecule is COC(=O)[C@@H]1[C@@H](c2ccccc2)C=N[C@@H]1c1ccccc1. The van der Waals surface area contributed by atoms with Crippen molar-refractivity contribution >= 4 is 12.2 Å². The number of hydrogen-bond donors (Lipinski definition) is 0. The van der Waals surface area contributed by atoms with E-state index in [0.717, 1.165) is 11.1 Å². The van der Waals surface area contributed by atoms with Gasteiger partial charge < -0.3 is 4.74 Å². The summed E-state index contributed by atoms with van der Waals surface area (Å²) in [5.74, 6) is -0.557. The fourth-order valence-electron chi connectivity index (χ4n) is 2.89. The molecule has 1 aliphatic rings. The Kier molecular flexibility index (Phi) is 3.82. The zero-order valence-electron chi connectivity index (χ0n) is 11.8. The van der Waals surface area contributed by atoms with E-state index < -0.39 is 0 Å². The van der Waals surface area contributed by atoms with Gasteiger partial charge in [-0.25, -0.2) is 0 Å². The van der Waals surface area contributed by atoms with Gasteiger partial charge in [0.25, 0.3) is 0 Å². The van der Waals surface area contributed by atoms with Crippen LogP contribution in [0.15, 0.2) is 65.7 Å². The first-order valence-electron chi connectivity index (χ1n) is 7.02. The Bertz CT molecular complexity index is 587. The monoisotopic (exact) mass is 279 g/mol. The maximum Gasteiger partial charge on any atom is 0.312 e. The highest BCUT2D eigenvalue weighted by Gasteiger charge is 2.40. The summed E-state index contributed by atoms with van der Waals surface area (Å²) < 4.78 is 5.02. The molecule has 0 unspecified atom stereocenters. The summed E-state index contributed by atoms with van der Waals surface area (Å²) in [7, 11) is 1.44. The molecule has 0 spiro atoms.